The van der Waals surface area contributed by atoms with Gasteiger partial charge in [0.25, 0.3) is 0 Å². The molecule has 0 aliphatic carbocycles. The molecule has 0 amide bonds. The van der Waals surface area contributed by atoms with Crippen molar-refractivity contribution in [2.75, 3.05) is 19.3 Å². The monoisotopic (exact) mass is 444 g/mol. The zero-order valence-corrected chi connectivity index (χ0v) is 18.3. The zero-order chi connectivity index (χ0) is 22.9. The smallest absolute Gasteiger partial charge is 0.220 e. The minimum Gasteiger partial charge on any atom is -0.508 e. The SMILES string of the molecule is CN(Cc1cccc(O)c1)CC1CCc2nc(-c3ccc(F)cc3)c(-c3ccnc(N)n3)n21. The lowest BCUT2D eigenvalue weighted by Gasteiger charge is -2.24. The molecule has 7 nitrogen and oxygen atoms in total. The van der Waals surface area contributed by atoms with Gasteiger partial charge >= 0.3 is 0 Å². The highest BCUT2D eigenvalue weighted by molar-refractivity contribution is 5.78. The van der Waals surface area contributed by atoms with Crippen LogP contribution in [0.15, 0.2) is 60.8 Å². The first-order chi connectivity index (χ1) is 16.0. The second-order valence-corrected chi connectivity index (χ2v) is 8.46. The van der Waals surface area contributed by atoms with Crippen LogP contribution in [0.5, 0.6) is 5.75 Å². The summed E-state index contributed by atoms with van der Waals surface area (Å²) in [6.45, 7) is 1.52. The van der Waals surface area contributed by atoms with Gasteiger partial charge in [0, 0.05) is 37.3 Å². The second-order valence-electron chi connectivity index (χ2n) is 8.46. The van der Waals surface area contributed by atoms with Crippen molar-refractivity contribution in [1.82, 2.24) is 24.4 Å². The number of aromatic nitrogens is 4. The molecule has 0 bridgehead atoms. The summed E-state index contributed by atoms with van der Waals surface area (Å²) in [6, 6.07) is 15.7. The number of rotatable bonds is 6. The lowest BCUT2D eigenvalue weighted by atomic mass is 10.1. The predicted molar refractivity (Wildman–Crippen MR) is 125 cm³/mol. The van der Waals surface area contributed by atoms with E-state index in [0.717, 1.165) is 54.3 Å². The number of phenolic OH excluding ortho intramolecular Hbond substituents is 1. The Labute approximate surface area is 191 Å². The van der Waals surface area contributed by atoms with Crippen LogP contribution in [0.4, 0.5) is 10.3 Å². The first-order valence-corrected chi connectivity index (χ1v) is 10.9. The molecule has 3 N–H and O–H groups in total. The highest BCUT2D eigenvalue weighted by Crippen LogP contribution is 2.39. The number of benzene rings is 2. The Balaban J connectivity index is 1.51. The molecule has 0 saturated heterocycles. The molecule has 8 heteroatoms. The van der Waals surface area contributed by atoms with Gasteiger partial charge in [-0.1, -0.05) is 12.1 Å². The van der Waals surface area contributed by atoms with E-state index in [1.165, 1.54) is 12.1 Å². The summed E-state index contributed by atoms with van der Waals surface area (Å²) in [7, 11) is 2.07. The fraction of sp³-hybridized carbons (Fsp3) is 0.240. The number of nitrogen functional groups attached to an aromatic ring is 1. The minimum atomic E-state index is -0.287. The Hall–Kier alpha value is -3.78. The first-order valence-electron chi connectivity index (χ1n) is 10.9. The van der Waals surface area contributed by atoms with Crippen molar-refractivity contribution in [2.45, 2.75) is 25.4 Å². The summed E-state index contributed by atoms with van der Waals surface area (Å²) in [6.07, 6.45) is 3.45. The molecule has 5 rings (SSSR count). The first kappa shape index (κ1) is 21.1. The predicted octanol–water partition coefficient (Wildman–Crippen LogP) is 4.05. The van der Waals surface area contributed by atoms with Gasteiger partial charge in [-0.3, -0.25) is 0 Å². The molecule has 168 valence electrons. The van der Waals surface area contributed by atoms with Crippen molar-refractivity contribution in [1.29, 1.82) is 0 Å². The molecule has 0 fully saturated rings. The molecule has 1 aliphatic heterocycles. The summed E-state index contributed by atoms with van der Waals surface area (Å²) in [5, 5.41) is 9.78. The Morgan fingerprint density at radius 3 is 2.73 bits per heavy atom. The normalized spacial score (nSPS) is 15.2. The van der Waals surface area contributed by atoms with Gasteiger partial charge in [0.2, 0.25) is 5.95 Å². The second kappa shape index (κ2) is 8.63. The van der Waals surface area contributed by atoms with Crippen LogP contribution in [-0.2, 0) is 13.0 Å². The molecule has 33 heavy (non-hydrogen) atoms. The third kappa shape index (κ3) is 4.29. The van der Waals surface area contributed by atoms with E-state index >= 15 is 0 Å². The average molecular weight is 445 g/mol. The van der Waals surface area contributed by atoms with E-state index in [9.17, 15) is 9.50 Å². The quantitative estimate of drug-likeness (QED) is 0.466. The van der Waals surface area contributed by atoms with Crippen LogP contribution in [0.3, 0.4) is 0 Å². The summed E-state index contributed by atoms with van der Waals surface area (Å²) in [5.74, 6) is 1.16. The number of aryl methyl sites for hydroxylation is 1. The highest BCUT2D eigenvalue weighted by Gasteiger charge is 2.31. The van der Waals surface area contributed by atoms with Crippen molar-refractivity contribution in [2.24, 2.45) is 0 Å². The third-order valence-electron chi connectivity index (χ3n) is 5.97. The van der Waals surface area contributed by atoms with Crippen molar-refractivity contribution in [3.63, 3.8) is 0 Å². The highest BCUT2D eigenvalue weighted by atomic mass is 19.1. The molecule has 2 aromatic carbocycles. The van der Waals surface area contributed by atoms with Crippen molar-refractivity contribution in [3.8, 4) is 28.4 Å². The number of nitrogens with two attached hydrogens (primary N) is 1. The molecule has 0 saturated carbocycles. The number of phenols is 1. The molecular formula is C25H25FN6O. The van der Waals surface area contributed by atoms with Crippen LogP contribution < -0.4 is 5.73 Å². The summed E-state index contributed by atoms with van der Waals surface area (Å²) >= 11 is 0. The molecule has 0 radical (unpaired) electrons. The number of anilines is 1. The Bertz CT molecular complexity index is 1290. The number of hydrogen-bond acceptors (Lipinski definition) is 6. The fourth-order valence-electron chi connectivity index (χ4n) is 4.60. The van der Waals surface area contributed by atoms with Crippen molar-refractivity contribution >= 4 is 5.95 Å². The number of halogens is 1. The van der Waals surface area contributed by atoms with Gasteiger partial charge in [0.1, 0.15) is 17.4 Å². The van der Waals surface area contributed by atoms with Crippen molar-refractivity contribution in [3.05, 3.63) is 78.0 Å². The van der Waals surface area contributed by atoms with E-state index in [4.69, 9.17) is 10.7 Å². The number of imidazole rings is 1. The van der Waals surface area contributed by atoms with Gasteiger partial charge in [-0.2, -0.15) is 0 Å². The van der Waals surface area contributed by atoms with Gasteiger partial charge < -0.3 is 20.3 Å². The van der Waals surface area contributed by atoms with Crippen LogP contribution in [0.1, 0.15) is 23.9 Å². The molecule has 3 heterocycles. The van der Waals surface area contributed by atoms with Gasteiger partial charge in [-0.05, 0) is 61.5 Å². The maximum atomic E-state index is 13.6. The van der Waals surface area contributed by atoms with Crippen LogP contribution >= 0.6 is 0 Å². The van der Waals surface area contributed by atoms with E-state index < -0.39 is 0 Å². The van der Waals surface area contributed by atoms with E-state index in [1.807, 2.05) is 18.2 Å². The lowest BCUT2D eigenvalue weighted by molar-refractivity contribution is 0.273. The van der Waals surface area contributed by atoms with Gasteiger partial charge in [-0.15, -0.1) is 0 Å². The van der Waals surface area contributed by atoms with E-state index in [0.29, 0.717) is 5.69 Å². The standard InChI is InChI=1S/C25H25FN6O/c1-31(14-16-3-2-4-20(33)13-16)15-19-9-10-22-30-23(17-5-7-18(26)8-6-17)24(32(19)22)21-11-12-28-25(27)29-21/h2-8,11-13,19,33H,9-10,14-15H2,1H3,(H2,27,28,29). The number of aromatic hydroxyl groups is 1. The summed E-state index contributed by atoms with van der Waals surface area (Å²) in [5.41, 5.74) is 10.1. The fourth-order valence-corrected chi connectivity index (χ4v) is 4.60. The zero-order valence-electron chi connectivity index (χ0n) is 18.3. The maximum absolute atomic E-state index is 13.6. The van der Waals surface area contributed by atoms with Gasteiger partial charge in [0.05, 0.1) is 17.1 Å². The largest absolute Gasteiger partial charge is 0.508 e. The van der Waals surface area contributed by atoms with Crippen LogP contribution in [0.25, 0.3) is 22.6 Å². The Kier molecular flexibility index (Phi) is 5.51. The third-order valence-corrected chi connectivity index (χ3v) is 5.97. The average Bonchev–Trinajstić information content (AvgIpc) is 3.34. The molecule has 4 aromatic rings. The Morgan fingerprint density at radius 2 is 1.97 bits per heavy atom. The van der Waals surface area contributed by atoms with Crippen molar-refractivity contribution < 1.29 is 9.50 Å². The molecule has 1 unspecified atom stereocenters. The van der Waals surface area contributed by atoms with E-state index in [2.05, 4.69) is 26.5 Å². The molecule has 1 aliphatic rings. The summed E-state index contributed by atoms with van der Waals surface area (Å²) < 4.78 is 15.8. The summed E-state index contributed by atoms with van der Waals surface area (Å²) in [4.78, 5) is 15.7. The number of nitrogens with zero attached hydrogens (tertiary/aromatic N) is 5. The van der Waals surface area contributed by atoms with Crippen LogP contribution in [0, 0.1) is 5.82 Å². The molecule has 2 aromatic heterocycles. The minimum absolute atomic E-state index is 0.190. The maximum Gasteiger partial charge on any atom is 0.220 e. The van der Waals surface area contributed by atoms with Crippen LogP contribution in [-0.4, -0.2) is 43.1 Å². The van der Waals surface area contributed by atoms with Gasteiger partial charge in [-0.25, -0.2) is 19.3 Å². The topological polar surface area (TPSA) is 93.1 Å². The van der Waals surface area contributed by atoms with Crippen LogP contribution in [0.2, 0.25) is 0 Å². The lowest BCUT2D eigenvalue weighted by Crippen LogP contribution is -2.26. The molecular weight excluding hydrogens is 419 g/mol. The number of likely N-dealkylation sites (N-methyl/N-ethyl adjacent to an activating group) is 1. The van der Waals surface area contributed by atoms with Gasteiger partial charge in [0.15, 0.2) is 0 Å². The van der Waals surface area contributed by atoms with E-state index in [1.54, 1.807) is 30.5 Å². The number of fused-ring (bicyclic) bond motifs is 1. The van der Waals surface area contributed by atoms with E-state index in [-0.39, 0.29) is 23.6 Å². The number of hydrogen-bond donors (Lipinski definition) is 2. The Morgan fingerprint density at radius 1 is 1.15 bits per heavy atom. The molecule has 0 spiro atoms. The molecule has 1 atom stereocenters.